The number of hydrogen-bond acceptors (Lipinski definition) is 3. The lowest BCUT2D eigenvalue weighted by molar-refractivity contribution is -0.131. The van der Waals surface area contributed by atoms with Crippen LogP contribution in [0.2, 0.25) is 0 Å². The van der Waals surface area contributed by atoms with Gasteiger partial charge >= 0.3 is 0 Å². The molecule has 3 aliphatic heterocycles. The fourth-order valence-electron chi connectivity index (χ4n) is 4.39. The third kappa shape index (κ3) is 3.83. The first-order valence-electron chi connectivity index (χ1n) is 9.73. The maximum Gasteiger partial charge on any atom is 0.224 e. The van der Waals surface area contributed by atoms with Gasteiger partial charge in [0.1, 0.15) is 0 Å². The minimum atomic E-state index is 0.276. The molecule has 1 amide bonds. The Morgan fingerprint density at radius 2 is 1.96 bits per heavy atom. The Hall–Kier alpha value is -2.14. The maximum absolute atomic E-state index is 12.8. The van der Waals surface area contributed by atoms with E-state index in [0.29, 0.717) is 24.9 Å². The number of carbonyl (C=O) groups excluding carboxylic acids is 1. The molecule has 0 spiro atoms. The number of carbonyl (C=O) groups is 1. The van der Waals surface area contributed by atoms with Gasteiger partial charge in [-0.1, -0.05) is 30.3 Å². The zero-order valence-corrected chi connectivity index (χ0v) is 15.6. The Bertz CT molecular complexity index is 741. The van der Waals surface area contributed by atoms with E-state index >= 15 is 0 Å². The molecule has 3 aliphatic rings. The van der Waals surface area contributed by atoms with E-state index in [0.717, 1.165) is 31.9 Å². The summed E-state index contributed by atoms with van der Waals surface area (Å²) in [6, 6.07) is 13.2. The van der Waals surface area contributed by atoms with E-state index in [2.05, 4.69) is 45.2 Å². The van der Waals surface area contributed by atoms with Crippen molar-refractivity contribution in [1.82, 2.24) is 19.6 Å². The number of fused-ring (bicyclic) bond motifs is 4. The smallest absolute Gasteiger partial charge is 0.224 e. The molecule has 5 heteroatoms. The first-order valence-corrected chi connectivity index (χ1v) is 9.73. The number of benzene rings is 1. The van der Waals surface area contributed by atoms with Crippen LogP contribution < -0.4 is 0 Å². The van der Waals surface area contributed by atoms with Gasteiger partial charge in [-0.15, -0.1) is 0 Å². The van der Waals surface area contributed by atoms with Crippen LogP contribution in [0, 0.1) is 12.8 Å². The number of hydrogen-bond donors (Lipinski definition) is 0. The highest BCUT2D eigenvalue weighted by molar-refractivity contribution is 5.76. The summed E-state index contributed by atoms with van der Waals surface area (Å²) in [5.74, 6) is 0.881. The first kappa shape index (κ1) is 17.3. The lowest BCUT2D eigenvalue weighted by Gasteiger charge is -2.36. The lowest BCUT2D eigenvalue weighted by atomic mass is 9.94. The molecule has 5 nitrogen and oxygen atoms in total. The van der Waals surface area contributed by atoms with Crippen LogP contribution in [0.5, 0.6) is 0 Å². The summed E-state index contributed by atoms with van der Waals surface area (Å²) in [5, 5.41) is 4.29. The number of rotatable bonds is 5. The number of aromatic nitrogens is 2. The normalized spacial score (nSPS) is 23.2. The summed E-state index contributed by atoms with van der Waals surface area (Å²) >= 11 is 0. The second-order valence-corrected chi connectivity index (χ2v) is 7.76. The van der Waals surface area contributed by atoms with Crippen LogP contribution in [-0.4, -0.2) is 51.2 Å². The quantitative estimate of drug-likeness (QED) is 0.831. The fourth-order valence-corrected chi connectivity index (χ4v) is 4.39. The van der Waals surface area contributed by atoms with Crippen LogP contribution in [0.15, 0.2) is 42.6 Å². The van der Waals surface area contributed by atoms with E-state index in [4.69, 9.17) is 0 Å². The highest BCUT2D eigenvalue weighted by atomic mass is 16.2. The summed E-state index contributed by atoms with van der Waals surface area (Å²) in [4.78, 5) is 17.5. The third-order valence-electron chi connectivity index (χ3n) is 5.87. The van der Waals surface area contributed by atoms with Gasteiger partial charge in [0.15, 0.2) is 0 Å². The van der Waals surface area contributed by atoms with Crippen molar-refractivity contribution in [2.45, 2.75) is 45.3 Å². The largest absolute Gasteiger partial charge is 0.341 e. The summed E-state index contributed by atoms with van der Waals surface area (Å²) < 4.78 is 1.92. The van der Waals surface area contributed by atoms with Crippen molar-refractivity contribution in [1.29, 1.82) is 0 Å². The molecule has 5 rings (SSSR count). The molecule has 1 aromatic heterocycles. The Morgan fingerprint density at radius 3 is 2.73 bits per heavy atom. The second-order valence-electron chi connectivity index (χ2n) is 7.76. The number of nitrogens with zero attached hydrogens (tertiary/aromatic N) is 4. The van der Waals surface area contributed by atoms with E-state index in [9.17, 15) is 4.79 Å². The molecule has 0 N–H and O–H groups in total. The van der Waals surface area contributed by atoms with Gasteiger partial charge in [0, 0.05) is 57.1 Å². The molecule has 0 aliphatic carbocycles. The molecule has 3 fully saturated rings. The predicted octanol–water partition coefficient (Wildman–Crippen LogP) is 2.70. The van der Waals surface area contributed by atoms with Crippen molar-refractivity contribution < 1.29 is 4.79 Å². The monoisotopic (exact) mass is 352 g/mol. The second kappa shape index (κ2) is 7.62. The molecule has 4 heterocycles. The molecule has 2 atom stereocenters. The van der Waals surface area contributed by atoms with Crippen LogP contribution in [-0.2, 0) is 17.9 Å². The van der Waals surface area contributed by atoms with Gasteiger partial charge in [0.25, 0.3) is 0 Å². The first-order chi connectivity index (χ1) is 12.7. The lowest BCUT2D eigenvalue weighted by Crippen LogP contribution is -2.44. The van der Waals surface area contributed by atoms with Crippen molar-refractivity contribution in [3.8, 4) is 0 Å². The van der Waals surface area contributed by atoms with Crippen LogP contribution >= 0.6 is 0 Å². The average molecular weight is 352 g/mol. The highest BCUT2D eigenvalue weighted by Crippen LogP contribution is 2.29. The van der Waals surface area contributed by atoms with E-state index in [1.165, 1.54) is 18.4 Å². The number of piperidine rings is 1. The summed E-state index contributed by atoms with van der Waals surface area (Å²) in [5.41, 5.74) is 2.48. The molecule has 26 heavy (non-hydrogen) atoms. The van der Waals surface area contributed by atoms with E-state index < -0.39 is 0 Å². The van der Waals surface area contributed by atoms with Gasteiger partial charge in [0.05, 0.1) is 0 Å². The Labute approximate surface area is 155 Å². The molecule has 0 saturated carbocycles. The molecular formula is C21H28N4O. The molecule has 0 unspecified atom stereocenters. The third-order valence-corrected chi connectivity index (χ3v) is 5.87. The minimum absolute atomic E-state index is 0.276. The van der Waals surface area contributed by atoms with Gasteiger partial charge in [0.2, 0.25) is 5.91 Å². The molecule has 2 aromatic rings. The summed E-state index contributed by atoms with van der Waals surface area (Å²) in [6.07, 6.45) is 4.80. The molecule has 2 bridgehead atoms. The van der Waals surface area contributed by atoms with Gasteiger partial charge < -0.3 is 4.90 Å². The zero-order chi connectivity index (χ0) is 17.9. The molecule has 0 radical (unpaired) electrons. The number of aryl methyl sites for hydroxylation is 2. The average Bonchev–Trinajstić information content (AvgIpc) is 2.86. The highest BCUT2D eigenvalue weighted by Gasteiger charge is 2.36. The molecular weight excluding hydrogens is 324 g/mol. The Balaban J connectivity index is 1.38. The van der Waals surface area contributed by atoms with Gasteiger partial charge in [-0.25, -0.2) is 0 Å². The van der Waals surface area contributed by atoms with Crippen molar-refractivity contribution in [2.24, 2.45) is 5.92 Å². The van der Waals surface area contributed by atoms with Crippen molar-refractivity contribution in [3.05, 3.63) is 53.9 Å². The van der Waals surface area contributed by atoms with Gasteiger partial charge in [-0.05, 0) is 37.3 Å². The van der Waals surface area contributed by atoms with E-state index in [1.807, 2.05) is 17.7 Å². The van der Waals surface area contributed by atoms with Gasteiger partial charge in [-0.2, -0.15) is 5.10 Å². The Morgan fingerprint density at radius 1 is 1.12 bits per heavy atom. The number of amides is 1. The fraction of sp³-hybridized carbons (Fsp3) is 0.524. The van der Waals surface area contributed by atoms with Crippen molar-refractivity contribution in [3.63, 3.8) is 0 Å². The van der Waals surface area contributed by atoms with Crippen molar-refractivity contribution >= 4 is 5.91 Å². The standard InChI is InChI=1S/C21H28N4O/c1-17-9-11-22-25(17)12-10-21(26)24-15-19-7-8-20(16-24)23(14-19)13-18-5-3-2-4-6-18/h2-6,9,11,19-20H,7-8,10,12-16H2,1H3/t19-,20-/m0/s1. The molecule has 138 valence electrons. The van der Waals surface area contributed by atoms with Gasteiger partial charge in [-0.3, -0.25) is 14.4 Å². The minimum Gasteiger partial charge on any atom is -0.341 e. The molecule has 3 saturated heterocycles. The zero-order valence-electron chi connectivity index (χ0n) is 15.6. The maximum atomic E-state index is 12.8. The SMILES string of the molecule is Cc1ccnn1CCC(=O)N1C[C@H]2CC[C@@H](C1)N(Cc1ccccc1)C2. The molecule has 1 aromatic carbocycles. The Kier molecular flexibility index (Phi) is 5.07. The van der Waals surface area contributed by atoms with Crippen LogP contribution in [0.1, 0.15) is 30.5 Å². The van der Waals surface area contributed by atoms with Crippen LogP contribution in [0.25, 0.3) is 0 Å². The predicted molar refractivity (Wildman–Crippen MR) is 102 cm³/mol. The summed E-state index contributed by atoms with van der Waals surface area (Å²) in [7, 11) is 0. The summed E-state index contributed by atoms with van der Waals surface area (Å²) in [6.45, 7) is 6.61. The van der Waals surface area contributed by atoms with E-state index in [-0.39, 0.29) is 5.91 Å². The van der Waals surface area contributed by atoms with Crippen LogP contribution in [0.4, 0.5) is 0 Å². The topological polar surface area (TPSA) is 41.4 Å². The van der Waals surface area contributed by atoms with Crippen LogP contribution in [0.3, 0.4) is 0 Å². The van der Waals surface area contributed by atoms with Crippen molar-refractivity contribution in [2.75, 3.05) is 19.6 Å². The van der Waals surface area contributed by atoms with E-state index in [1.54, 1.807) is 6.20 Å².